The fourth-order valence-corrected chi connectivity index (χ4v) is 2.14. The Morgan fingerprint density at radius 1 is 0.722 bits per heavy atom. The average Bonchev–Trinajstić information content (AvgIpc) is 2.45. The van der Waals surface area contributed by atoms with Crippen molar-refractivity contribution < 1.29 is 14.0 Å². The second-order valence-corrected chi connectivity index (χ2v) is 5.40. The summed E-state index contributed by atoms with van der Waals surface area (Å²) in [6.45, 7) is 0. The van der Waals surface area contributed by atoms with Crippen LogP contribution in [-0.4, -0.2) is 12.7 Å². The lowest BCUT2D eigenvalue weighted by molar-refractivity contribution is 0.352. The Balaban J connectivity index is 1.73. The third-order valence-corrected chi connectivity index (χ3v) is 3.22. The summed E-state index contributed by atoms with van der Waals surface area (Å²) >= 11 is 0. The van der Waals surface area contributed by atoms with E-state index < -0.39 is 7.80 Å². The van der Waals surface area contributed by atoms with Gasteiger partial charge in [0.1, 0.15) is 32.0 Å². The molecule has 0 aliphatic carbocycles. The zero-order valence-electron chi connectivity index (χ0n) is 9.91. The zero-order chi connectivity index (χ0) is 12.6. The molecule has 0 radical (unpaired) electrons. The first kappa shape index (κ1) is 12.7. The van der Waals surface area contributed by atoms with Gasteiger partial charge in [0.15, 0.2) is 0 Å². The van der Waals surface area contributed by atoms with Gasteiger partial charge in [-0.3, -0.25) is 0 Å². The molecular weight excluding hydrogens is 247 g/mol. The number of rotatable bonds is 6. The van der Waals surface area contributed by atoms with Crippen molar-refractivity contribution in [3.63, 3.8) is 0 Å². The molecule has 0 aliphatic heterocycles. The van der Waals surface area contributed by atoms with Crippen molar-refractivity contribution in [1.29, 1.82) is 0 Å². The molecule has 18 heavy (non-hydrogen) atoms. The first-order valence-electron chi connectivity index (χ1n) is 5.72. The molecule has 4 heteroatoms. The molecule has 2 aromatic rings. The van der Waals surface area contributed by atoms with Crippen LogP contribution in [0.15, 0.2) is 60.7 Å². The van der Waals surface area contributed by atoms with Crippen molar-refractivity contribution in [2.45, 2.75) is 0 Å². The summed E-state index contributed by atoms with van der Waals surface area (Å²) in [6, 6.07) is 18.7. The summed E-state index contributed by atoms with van der Waals surface area (Å²) in [5, 5.41) is 0. The van der Waals surface area contributed by atoms with Crippen LogP contribution in [0.25, 0.3) is 0 Å². The van der Waals surface area contributed by atoms with Gasteiger partial charge in [0.2, 0.25) is 0 Å². The van der Waals surface area contributed by atoms with Gasteiger partial charge in [0.25, 0.3) is 0 Å². The van der Waals surface area contributed by atoms with Crippen LogP contribution >= 0.6 is 7.80 Å². The Morgan fingerprint density at radius 2 is 1.11 bits per heavy atom. The summed E-state index contributed by atoms with van der Waals surface area (Å²) in [5.74, 6) is 1.46. The lowest BCUT2D eigenvalue weighted by atomic mass is 10.3. The van der Waals surface area contributed by atoms with Crippen LogP contribution in [0, 0.1) is 0 Å². The van der Waals surface area contributed by atoms with E-state index in [1.165, 1.54) is 0 Å². The Hall–Kier alpha value is -1.73. The summed E-state index contributed by atoms with van der Waals surface area (Å²) in [6.07, 6.45) is 0.420. The molecule has 0 spiro atoms. The summed E-state index contributed by atoms with van der Waals surface area (Å²) < 4.78 is 22.5. The predicted molar refractivity (Wildman–Crippen MR) is 72.9 cm³/mol. The Labute approximate surface area is 107 Å². The molecule has 0 aliphatic rings. The fraction of sp³-hybridized carbons (Fsp3) is 0.143. The van der Waals surface area contributed by atoms with E-state index in [9.17, 15) is 4.57 Å². The predicted octanol–water partition coefficient (Wildman–Crippen LogP) is 3.62. The van der Waals surface area contributed by atoms with Crippen molar-refractivity contribution >= 4 is 7.80 Å². The second-order valence-electron chi connectivity index (χ2n) is 3.74. The molecule has 0 bridgehead atoms. The van der Waals surface area contributed by atoms with Crippen LogP contribution in [0.2, 0.25) is 0 Å². The van der Waals surface area contributed by atoms with Crippen LogP contribution < -0.4 is 9.47 Å². The topological polar surface area (TPSA) is 35.5 Å². The number of para-hydroxylation sites is 2. The van der Waals surface area contributed by atoms with Gasteiger partial charge in [-0.2, -0.15) is 0 Å². The van der Waals surface area contributed by atoms with Crippen LogP contribution in [0.1, 0.15) is 0 Å². The van der Waals surface area contributed by atoms with Gasteiger partial charge in [-0.1, -0.05) is 36.4 Å². The van der Waals surface area contributed by atoms with Crippen LogP contribution in [0.3, 0.4) is 0 Å². The maximum atomic E-state index is 11.7. The quantitative estimate of drug-likeness (QED) is 0.746. The standard InChI is InChI=1S/C14H15O3P/c15-18(11-16-13-7-3-1-4-8-13)12-17-14-9-5-2-6-10-14/h1-10,18H,11-12H2. The molecule has 3 nitrogen and oxygen atoms in total. The SMILES string of the molecule is O=[PH](COc1ccccc1)COc1ccccc1. The molecule has 0 fully saturated rings. The largest absolute Gasteiger partial charge is 0.486 e. The van der Waals surface area contributed by atoms with E-state index in [-0.39, 0.29) is 12.7 Å². The number of benzene rings is 2. The molecule has 0 aromatic heterocycles. The second kappa shape index (κ2) is 6.87. The summed E-state index contributed by atoms with van der Waals surface area (Å²) in [5.41, 5.74) is 0. The monoisotopic (exact) mass is 262 g/mol. The number of hydrogen-bond acceptors (Lipinski definition) is 3. The van der Waals surface area contributed by atoms with Gasteiger partial charge < -0.3 is 14.0 Å². The van der Waals surface area contributed by atoms with E-state index in [1.807, 2.05) is 60.7 Å². The first-order valence-corrected chi connectivity index (χ1v) is 7.54. The molecule has 0 amide bonds. The van der Waals surface area contributed by atoms with E-state index in [0.717, 1.165) is 11.5 Å². The highest BCUT2D eigenvalue weighted by Crippen LogP contribution is 2.23. The molecule has 0 N–H and O–H groups in total. The number of ether oxygens (including phenoxy) is 2. The van der Waals surface area contributed by atoms with E-state index >= 15 is 0 Å². The minimum Gasteiger partial charge on any atom is -0.486 e. The highest BCUT2D eigenvalue weighted by Gasteiger charge is 2.02. The lowest BCUT2D eigenvalue weighted by Gasteiger charge is -2.07. The highest BCUT2D eigenvalue weighted by molar-refractivity contribution is 7.44. The molecule has 0 unspecified atom stereocenters. The molecule has 2 rings (SSSR count). The van der Waals surface area contributed by atoms with Gasteiger partial charge in [-0.15, -0.1) is 0 Å². The van der Waals surface area contributed by atoms with Crippen molar-refractivity contribution in [3.8, 4) is 11.5 Å². The summed E-state index contributed by atoms with van der Waals surface area (Å²) in [4.78, 5) is 0. The third-order valence-electron chi connectivity index (χ3n) is 2.29. The Kier molecular flexibility index (Phi) is 4.86. The molecule has 0 atom stereocenters. The lowest BCUT2D eigenvalue weighted by Crippen LogP contribution is -1.98. The number of hydrogen-bond donors (Lipinski definition) is 0. The molecule has 94 valence electrons. The minimum atomic E-state index is -1.88. The van der Waals surface area contributed by atoms with E-state index in [1.54, 1.807) is 0 Å². The smallest absolute Gasteiger partial charge is 0.147 e. The first-order chi connectivity index (χ1) is 8.84. The van der Waals surface area contributed by atoms with Crippen LogP contribution in [0.4, 0.5) is 0 Å². The minimum absolute atomic E-state index is 0.210. The van der Waals surface area contributed by atoms with Gasteiger partial charge in [0, 0.05) is 0 Å². The van der Waals surface area contributed by atoms with E-state index in [2.05, 4.69) is 0 Å². The van der Waals surface area contributed by atoms with Crippen molar-refractivity contribution in [1.82, 2.24) is 0 Å². The molecule has 0 heterocycles. The van der Waals surface area contributed by atoms with Crippen molar-refractivity contribution in [2.24, 2.45) is 0 Å². The van der Waals surface area contributed by atoms with Gasteiger partial charge in [0.05, 0.1) is 0 Å². The maximum Gasteiger partial charge on any atom is 0.147 e. The van der Waals surface area contributed by atoms with E-state index in [4.69, 9.17) is 9.47 Å². The van der Waals surface area contributed by atoms with Gasteiger partial charge >= 0.3 is 0 Å². The van der Waals surface area contributed by atoms with E-state index in [0.29, 0.717) is 0 Å². The van der Waals surface area contributed by atoms with Gasteiger partial charge in [-0.25, -0.2) is 0 Å². The van der Waals surface area contributed by atoms with Crippen molar-refractivity contribution in [2.75, 3.05) is 12.7 Å². The Morgan fingerprint density at radius 3 is 1.50 bits per heavy atom. The summed E-state index contributed by atoms with van der Waals surface area (Å²) in [7, 11) is -1.88. The normalized spacial score (nSPS) is 10.3. The van der Waals surface area contributed by atoms with Crippen LogP contribution in [-0.2, 0) is 4.57 Å². The van der Waals surface area contributed by atoms with Gasteiger partial charge in [-0.05, 0) is 24.3 Å². The molecule has 2 aromatic carbocycles. The zero-order valence-corrected chi connectivity index (χ0v) is 10.9. The highest BCUT2D eigenvalue weighted by atomic mass is 31.1. The molecule has 0 saturated carbocycles. The third kappa shape index (κ3) is 4.27. The Bertz CT molecular complexity index is 439. The molecular formula is C14H15O3P. The van der Waals surface area contributed by atoms with Crippen molar-refractivity contribution in [3.05, 3.63) is 60.7 Å². The average molecular weight is 262 g/mol. The van der Waals surface area contributed by atoms with Crippen LogP contribution in [0.5, 0.6) is 11.5 Å². The molecule has 0 saturated heterocycles. The maximum absolute atomic E-state index is 11.7. The fourth-order valence-electron chi connectivity index (χ4n) is 1.40.